The maximum absolute atomic E-state index is 5.59. The van der Waals surface area contributed by atoms with Crippen LogP contribution in [0.2, 0.25) is 0 Å². The van der Waals surface area contributed by atoms with Gasteiger partial charge in [0.2, 0.25) is 0 Å². The number of aromatic nitrogens is 2. The molecule has 10 heavy (non-hydrogen) atoms. The van der Waals surface area contributed by atoms with Crippen LogP contribution in [0, 0.1) is 0 Å². The Hall–Kier alpha value is -1.22. The van der Waals surface area contributed by atoms with E-state index in [9.17, 15) is 0 Å². The summed E-state index contributed by atoms with van der Waals surface area (Å²) in [7, 11) is 0. The summed E-state index contributed by atoms with van der Waals surface area (Å²) in [5.74, 6) is 0. The van der Waals surface area contributed by atoms with Gasteiger partial charge in [0.25, 0.3) is 0 Å². The normalized spacial score (nSPS) is 12.5. The lowest BCUT2D eigenvalue weighted by Crippen LogP contribution is -2.08. The van der Waals surface area contributed by atoms with Gasteiger partial charge in [-0.05, 0) is 6.07 Å². The molecule has 0 spiro atoms. The molecule has 1 rings (SSSR count). The summed E-state index contributed by atoms with van der Waals surface area (Å²) < 4.78 is 0. The fraction of sp³-hybridized carbons (Fsp3) is 0.143. The third-order valence-electron chi connectivity index (χ3n) is 1.20. The Morgan fingerprint density at radius 3 is 3.00 bits per heavy atom. The zero-order valence-electron chi connectivity index (χ0n) is 5.57. The first-order valence-electron chi connectivity index (χ1n) is 2.98. The van der Waals surface area contributed by atoms with Gasteiger partial charge in [-0.1, -0.05) is 6.08 Å². The summed E-state index contributed by atoms with van der Waals surface area (Å²) in [6.07, 6.45) is 4.77. The van der Waals surface area contributed by atoms with Crippen molar-refractivity contribution in [2.24, 2.45) is 5.73 Å². The van der Waals surface area contributed by atoms with E-state index in [0.717, 1.165) is 5.69 Å². The molecule has 0 fully saturated rings. The lowest BCUT2D eigenvalue weighted by atomic mass is 10.2. The zero-order valence-corrected chi connectivity index (χ0v) is 5.57. The van der Waals surface area contributed by atoms with E-state index in [1.165, 1.54) is 6.33 Å². The molecule has 1 unspecified atom stereocenters. The first kappa shape index (κ1) is 6.89. The molecule has 0 aliphatic rings. The molecule has 3 nitrogen and oxygen atoms in total. The summed E-state index contributed by atoms with van der Waals surface area (Å²) in [5, 5.41) is 0. The van der Waals surface area contributed by atoms with E-state index in [1.807, 2.05) is 0 Å². The van der Waals surface area contributed by atoms with Gasteiger partial charge in [-0.2, -0.15) is 0 Å². The van der Waals surface area contributed by atoms with Gasteiger partial charge < -0.3 is 5.73 Å². The molecule has 0 aromatic carbocycles. The number of nitrogens with zero attached hydrogens (tertiary/aromatic N) is 2. The molecule has 52 valence electrons. The number of nitrogens with two attached hydrogens (primary N) is 1. The zero-order chi connectivity index (χ0) is 7.40. The first-order chi connectivity index (χ1) is 4.84. The van der Waals surface area contributed by atoms with Gasteiger partial charge in [0.15, 0.2) is 0 Å². The third kappa shape index (κ3) is 1.39. The van der Waals surface area contributed by atoms with E-state index < -0.39 is 0 Å². The minimum absolute atomic E-state index is 0.178. The van der Waals surface area contributed by atoms with E-state index in [1.54, 1.807) is 18.3 Å². The van der Waals surface area contributed by atoms with Crippen LogP contribution in [0.5, 0.6) is 0 Å². The van der Waals surface area contributed by atoms with Crippen LogP contribution in [0.4, 0.5) is 0 Å². The standard InChI is InChI=1S/C7H9N3/c1-2-6(8)7-3-4-9-5-10-7/h2-6H,1,8H2. The van der Waals surface area contributed by atoms with Gasteiger partial charge >= 0.3 is 0 Å². The quantitative estimate of drug-likeness (QED) is 0.606. The van der Waals surface area contributed by atoms with Gasteiger partial charge in [-0.15, -0.1) is 6.58 Å². The number of hydrogen-bond donors (Lipinski definition) is 1. The summed E-state index contributed by atoms with van der Waals surface area (Å²) in [6.45, 7) is 3.55. The monoisotopic (exact) mass is 135 g/mol. The van der Waals surface area contributed by atoms with Crippen molar-refractivity contribution in [3.63, 3.8) is 0 Å². The Kier molecular flexibility index (Phi) is 2.12. The Morgan fingerprint density at radius 2 is 2.50 bits per heavy atom. The molecule has 3 heteroatoms. The lowest BCUT2D eigenvalue weighted by Gasteiger charge is -2.01. The van der Waals surface area contributed by atoms with Gasteiger partial charge in [0.05, 0.1) is 11.7 Å². The fourth-order valence-electron chi connectivity index (χ4n) is 0.619. The molecule has 0 aliphatic carbocycles. The van der Waals surface area contributed by atoms with E-state index in [0.29, 0.717) is 0 Å². The number of rotatable bonds is 2. The molecule has 0 aliphatic heterocycles. The van der Waals surface area contributed by atoms with Crippen molar-refractivity contribution in [2.75, 3.05) is 0 Å². The molecule has 0 bridgehead atoms. The first-order valence-corrected chi connectivity index (χ1v) is 2.98. The van der Waals surface area contributed by atoms with Gasteiger partial charge in [0.1, 0.15) is 6.33 Å². The second-order valence-electron chi connectivity index (χ2n) is 1.90. The molecular weight excluding hydrogens is 126 g/mol. The second kappa shape index (κ2) is 3.08. The summed E-state index contributed by atoms with van der Waals surface area (Å²) in [4.78, 5) is 7.70. The summed E-state index contributed by atoms with van der Waals surface area (Å²) in [5.41, 5.74) is 6.38. The lowest BCUT2D eigenvalue weighted by molar-refractivity contribution is 0.852. The molecular formula is C7H9N3. The van der Waals surface area contributed by atoms with Crippen molar-refractivity contribution in [2.45, 2.75) is 6.04 Å². The molecule has 0 amide bonds. The maximum atomic E-state index is 5.59. The average molecular weight is 135 g/mol. The summed E-state index contributed by atoms with van der Waals surface area (Å²) in [6, 6.07) is 1.59. The van der Waals surface area contributed by atoms with Crippen molar-refractivity contribution in [3.8, 4) is 0 Å². The highest BCUT2D eigenvalue weighted by molar-refractivity contribution is 5.09. The van der Waals surface area contributed by atoms with Crippen LogP contribution in [0.15, 0.2) is 31.2 Å². The Balaban J connectivity index is 2.84. The van der Waals surface area contributed by atoms with E-state index >= 15 is 0 Å². The Morgan fingerprint density at radius 1 is 1.70 bits per heavy atom. The van der Waals surface area contributed by atoms with Crippen LogP contribution in [0.1, 0.15) is 11.7 Å². The molecule has 1 heterocycles. The predicted molar refractivity (Wildman–Crippen MR) is 39.2 cm³/mol. The smallest absolute Gasteiger partial charge is 0.115 e. The van der Waals surface area contributed by atoms with E-state index in [4.69, 9.17) is 5.73 Å². The Labute approximate surface area is 59.6 Å². The highest BCUT2D eigenvalue weighted by Gasteiger charge is 1.98. The predicted octanol–water partition coefficient (Wildman–Crippen LogP) is 0.662. The van der Waals surface area contributed by atoms with Gasteiger partial charge in [0, 0.05) is 6.20 Å². The van der Waals surface area contributed by atoms with Crippen molar-refractivity contribution < 1.29 is 0 Å². The summed E-state index contributed by atoms with van der Waals surface area (Å²) >= 11 is 0. The molecule has 0 saturated carbocycles. The minimum Gasteiger partial charge on any atom is -0.319 e. The Bertz CT molecular complexity index is 207. The van der Waals surface area contributed by atoms with Crippen LogP contribution in [0.25, 0.3) is 0 Å². The van der Waals surface area contributed by atoms with Crippen molar-refractivity contribution in [1.29, 1.82) is 0 Å². The van der Waals surface area contributed by atoms with Crippen LogP contribution >= 0.6 is 0 Å². The van der Waals surface area contributed by atoms with E-state index in [2.05, 4.69) is 16.5 Å². The fourth-order valence-corrected chi connectivity index (χ4v) is 0.619. The van der Waals surface area contributed by atoms with Gasteiger partial charge in [-0.25, -0.2) is 9.97 Å². The largest absolute Gasteiger partial charge is 0.319 e. The third-order valence-corrected chi connectivity index (χ3v) is 1.20. The second-order valence-corrected chi connectivity index (χ2v) is 1.90. The van der Waals surface area contributed by atoms with Crippen LogP contribution in [-0.2, 0) is 0 Å². The molecule has 0 saturated heterocycles. The minimum atomic E-state index is -0.178. The van der Waals surface area contributed by atoms with Crippen molar-refractivity contribution in [3.05, 3.63) is 36.9 Å². The maximum Gasteiger partial charge on any atom is 0.115 e. The average Bonchev–Trinajstić information content (AvgIpc) is 2.05. The van der Waals surface area contributed by atoms with Crippen molar-refractivity contribution >= 4 is 0 Å². The van der Waals surface area contributed by atoms with E-state index in [-0.39, 0.29) is 6.04 Å². The topological polar surface area (TPSA) is 51.8 Å². The highest BCUT2D eigenvalue weighted by Crippen LogP contribution is 2.03. The van der Waals surface area contributed by atoms with Gasteiger partial charge in [-0.3, -0.25) is 0 Å². The molecule has 1 atom stereocenters. The SMILES string of the molecule is C=CC(N)c1ccncn1. The molecule has 1 aromatic heterocycles. The van der Waals surface area contributed by atoms with Crippen LogP contribution < -0.4 is 5.73 Å². The number of hydrogen-bond acceptors (Lipinski definition) is 3. The van der Waals surface area contributed by atoms with Crippen LogP contribution in [-0.4, -0.2) is 9.97 Å². The highest BCUT2D eigenvalue weighted by atomic mass is 14.8. The molecule has 1 aromatic rings. The van der Waals surface area contributed by atoms with Crippen LogP contribution in [0.3, 0.4) is 0 Å². The molecule has 0 radical (unpaired) electrons. The van der Waals surface area contributed by atoms with Crippen molar-refractivity contribution in [1.82, 2.24) is 9.97 Å². The molecule has 2 N–H and O–H groups in total.